The van der Waals surface area contributed by atoms with Crippen molar-refractivity contribution in [2.45, 2.75) is 11.9 Å². The number of hydroxylamine groups is 1. The smallest absolute Gasteiger partial charge is 0.274 e. The SMILES string of the molecule is CCSc1cc(C(=O)NOC)ccn1. The van der Waals surface area contributed by atoms with Crippen molar-refractivity contribution in [2.24, 2.45) is 0 Å². The zero-order valence-corrected chi connectivity index (χ0v) is 8.93. The first-order valence-electron chi connectivity index (χ1n) is 4.20. The maximum atomic E-state index is 11.3. The van der Waals surface area contributed by atoms with Gasteiger partial charge in [-0.15, -0.1) is 11.8 Å². The predicted molar refractivity (Wildman–Crippen MR) is 55.1 cm³/mol. The molecule has 0 spiro atoms. The molecular formula is C9H12N2O2S. The van der Waals surface area contributed by atoms with E-state index >= 15 is 0 Å². The van der Waals surface area contributed by atoms with Crippen LogP contribution >= 0.6 is 11.8 Å². The van der Waals surface area contributed by atoms with Crippen LogP contribution in [0.25, 0.3) is 0 Å². The third-order valence-electron chi connectivity index (χ3n) is 1.48. The lowest BCUT2D eigenvalue weighted by molar-refractivity contribution is 0.0537. The average molecular weight is 212 g/mol. The van der Waals surface area contributed by atoms with E-state index in [0.717, 1.165) is 10.8 Å². The summed E-state index contributed by atoms with van der Waals surface area (Å²) in [7, 11) is 1.40. The summed E-state index contributed by atoms with van der Waals surface area (Å²) in [5.74, 6) is 0.676. The van der Waals surface area contributed by atoms with Crippen molar-refractivity contribution in [3.8, 4) is 0 Å². The van der Waals surface area contributed by atoms with Gasteiger partial charge in [0.1, 0.15) is 0 Å². The molecule has 0 aromatic carbocycles. The first-order valence-corrected chi connectivity index (χ1v) is 5.18. The van der Waals surface area contributed by atoms with E-state index in [4.69, 9.17) is 0 Å². The number of aromatic nitrogens is 1. The van der Waals surface area contributed by atoms with Gasteiger partial charge in [0, 0.05) is 11.8 Å². The minimum atomic E-state index is -0.257. The van der Waals surface area contributed by atoms with E-state index in [-0.39, 0.29) is 5.91 Å². The molecule has 1 aromatic heterocycles. The van der Waals surface area contributed by atoms with E-state index < -0.39 is 0 Å². The highest BCUT2D eigenvalue weighted by Crippen LogP contribution is 2.15. The van der Waals surface area contributed by atoms with Gasteiger partial charge in [-0.2, -0.15) is 0 Å². The van der Waals surface area contributed by atoms with E-state index in [9.17, 15) is 4.79 Å². The Hall–Kier alpha value is -1.07. The Morgan fingerprint density at radius 1 is 1.71 bits per heavy atom. The van der Waals surface area contributed by atoms with E-state index in [2.05, 4.69) is 15.3 Å². The van der Waals surface area contributed by atoms with Gasteiger partial charge in [-0.3, -0.25) is 9.63 Å². The molecule has 1 N–H and O–H groups in total. The van der Waals surface area contributed by atoms with Crippen LogP contribution in [0.3, 0.4) is 0 Å². The Bertz CT molecular complexity index is 317. The number of rotatable bonds is 4. The molecule has 76 valence electrons. The van der Waals surface area contributed by atoms with Crippen molar-refractivity contribution in [3.05, 3.63) is 23.9 Å². The van der Waals surface area contributed by atoms with Crippen LogP contribution < -0.4 is 5.48 Å². The molecule has 1 aromatic rings. The van der Waals surface area contributed by atoms with Gasteiger partial charge in [-0.1, -0.05) is 6.92 Å². The fraction of sp³-hybridized carbons (Fsp3) is 0.333. The second-order valence-electron chi connectivity index (χ2n) is 2.45. The summed E-state index contributed by atoms with van der Waals surface area (Å²) < 4.78 is 0. The number of thioether (sulfide) groups is 1. The molecule has 5 heteroatoms. The average Bonchev–Trinajstić information content (AvgIpc) is 2.19. The summed E-state index contributed by atoms with van der Waals surface area (Å²) in [5.41, 5.74) is 2.81. The number of hydrogen-bond acceptors (Lipinski definition) is 4. The highest BCUT2D eigenvalue weighted by molar-refractivity contribution is 7.99. The second-order valence-corrected chi connectivity index (χ2v) is 3.74. The third-order valence-corrected chi connectivity index (χ3v) is 2.29. The topological polar surface area (TPSA) is 51.2 Å². The molecule has 14 heavy (non-hydrogen) atoms. The zero-order chi connectivity index (χ0) is 10.4. The van der Waals surface area contributed by atoms with Gasteiger partial charge in [-0.05, 0) is 17.9 Å². The lowest BCUT2D eigenvalue weighted by Gasteiger charge is -2.03. The normalized spacial score (nSPS) is 9.86. The number of amides is 1. The minimum absolute atomic E-state index is 0.257. The van der Waals surface area contributed by atoms with Crippen LogP contribution in [0, 0.1) is 0 Å². The number of hydrogen-bond donors (Lipinski definition) is 1. The number of nitrogens with one attached hydrogen (secondary N) is 1. The Morgan fingerprint density at radius 3 is 3.14 bits per heavy atom. The van der Waals surface area contributed by atoms with Crippen molar-refractivity contribution >= 4 is 17.7 Å². The highest BCUT2D eigenvalue weighted by atomic mass is 32.2. The fourth-order valence-corrected chi connectivity index (χ4v) is 1.57. The monoisotopic (exact) mass is 212 g/mol. The molecule has 1 rings (SSSR count). The number of carbonyl (C=O) groups is 1. The summed E-state index contributed by atoms with van der Waals surface area (Å²) >= 11 is 1.59. The maximum absolute atomic E-state index is 11.3. The molecule has 1 amide bonds. The standard InChI is InChI=1S/C9H12N2O2S/c1-3-14-8-6-7(4-5-10-8)9(12)11-13-2/h4-6H,3H2,1-2H3,(H,11,12). The van der Waals surface area contributed by atoms with Gasteiger partial charge in [0.25, 0.3) is 5.91 Å². The molecule has 0 unspecified atom stereocenters. The summed E-state index contributed by atoms with van der Waals surface area (Å²) in [6.07, 6.45) is 1.61. The van der Waals surface area contributed by atoms with Crippen LogP contribution in [0.1, 0.15) is 17.3 Å². The molecule has 4 nitrogen and oxygen atoms in total. The molecule has 0 saturated heterocycles. The van der Waals surface area contributed by atoms with Gasteiger partial charge in [0.05, 0.1) is 12.1 Å². The van der Waals surface area contributed by atoms with E-state index in [0.29, 0.717) is 5.56 Å². The van der Waals surface area contributed by atoms with E-state index in [1.165, 1.54) is 7.11 Å². The predicted octanol–water partition coefficient (Wildman–Crippen LogP) is 1.48. The Kier molecular flexibility index (Phi) is 4.42. The van der Waals surface area contributed by atoms with Crippen molar-refractivity contribution in [3.63, 3.8) is 0 Å². The lowest BCUT2D eigenvalue weighted by Crippen LogP contribution is -2.21. The quantitative estimate of drug-likeness (QED) is 0.606. The Balaban J connectivity index is 2.77. The first kappa shape index (κ1) is 11.0. The van der Waals surface area contributed by atoms with Crippen LogP contribution in [-0.4, -0.2) is 23.8 Å². The van der Waals surface area contributed by atoms with Crippen molar-refractivity contribution in [1.82, 2.24) is 10.5 Å². The van der Waals surface area contributed by atoms with E-state index in [1.54, 1.807) is 30.1 Å². The maximum Gasteiger partial charge on any atom is 0.274 e. The van der Waals surface area contributed by atoms with Crippen LogP contribution in [0.2, 0.25) is 0 Å². The second kappa shape index (κ2) is 5.62. The number of carbonyl (C=O) groups excluding carboxylic acids is 1. The summed E-state index contributed by atoms with van der Waals surface area (Å²) in [5, 5.41) is 0.844. The molecule has 0 bridgehead atoms. The fourth-order valence-electron chi connectivity index (χ4n) is 0.929. The van der Waals surface area contributed by atoms with E-state index in [1.807, 2.05) is 6.92 Å². The minimum Gasteiger partial charge on any atom is -0.277 e. The summed E-state index contributed by atoms with van der Waals surface area (Å²) in [6, 6.07) is 3.39. The van der Waals surface area contributed by atoms with Gasteiger partial charge in [0.2, 0.25) is 0 Å². The summed E-state index contributed by atoms with van der Waals surface area (Å²) in [4.78, 5) is 20.0. The molecule has 0 saturated carbocycles. The molecule has 0 aliphatic heterocycles. The molecule has 0 atom stereocenters. The van der Waals surface area contributed by atoms with Crippen LogP contribution in [0.15, 0.2) is 23.4 Å². The van der Waals surface area contributed by atoms with Gasteiger partial charge >= 0.3 is 0 Å². The van der Waals surface area contributed by atoms with Gasteiger partial charge < -0.3 is 0 Å². The molecule has 1 heterocycles. The zero-order valence-electron chi connectivity index (χ0n) is 8.11. The van der Waals surface area contributed by atoms with Crippen LogP contribution in [0.5, 0.6) is 0 Å². The van der Waals surface area contributed by atoms with Crippen LogP contribution in [-0.2, 0) is 4.84 Å². The van der Waals surface area contributed by atoms with Crippen LogP contribution in [0.4, 0.5) is 0 Å². The highest BCUT2D eigenvalue weighted by Gasteiger charge is 2.05. The third kappa shape index (κ3) is 3.01. The van der Waals surface area contributed by atoms with Crippen molar-refractivity contribution in [1.29, 1.82) is 0 Å². The first-order chi connectivity index (χ1) is 6.77. The number of pyridine rings is 1. The Labute approximate surface area is 87.0 Å². The van der Waals surface area contributed by atoms with Gasteiger partial charge in [0.15, 0.2) is 0 Å². The summed E-state index contributed by atoms with van der Waals surface area (Å²) in [6.45, 7) is 2.04. The molecule has 0 fully saturated rings. The largest absolute Gasteiger partial charge is 0.277 e. The van der Waals surface area contributed by atoms with Crippen molar-refractivity contribution in [2.75, 3.05) is 12.9 Å². The molecule has 0 radical (unpaired) electrons. The number of nitrogens with zero attached hydrogens (tertiary/aromatic N) is 1. The molecule has 0 aliphatic carbocycles. The Morgan fingerprint density at radius 2 is 2.50 bits per heavy atom. The van der Waals surface area contributed by atoms with Crippen molar-refractivity contribution < 1.29 is 9.63 Å². The van der Waals surface area contributed by atoms with Gasteiger partial charge in [-0.25, -0.2) is 10.5 Å². The lowest BCUT2D eigenvalue weighted by atomic mass is 10.3. The molecule has 0 aliphatic rings. The molecular weight excluding hydrogens is 200 g/mol.